The van der Waals surface area contributed by atoms with Gasteiger partial charge in [-0.3, -0.25) is 15.0 Å². The Morgan fingerprint density at radius 1 is 1.33 bits per heavy atom. The lowest BCUT2D eigenvalue weighted by Gasteiger charge is -2.14. The summed E-state index contributed by atoms with van der Waals surface area (Å²) in [4.78, 5) is 19.8. The third-order valence-electron chi connectivity index (χ3n) is 2.86. The van der Waals surface area contributed by atoms with Crippen molar-refractivity contribution in [1.29, 1.82) is 0 Å². The van der Waals surface area contributed by atoms with Gasteiger partial charge in [-0.2, -0.15) is 0 Å². The summed E-state index contributed by atoms with van der Waals surface area (Å²) in [5, 5.41) is 18.9. The number of rotatable bonds is 4. The molecule has 110 valence electrons. The van der Waals surface area contributed by atoms with Crippen LogP contribution in [0.5, 0.6) is 0 Å². The highest BCUT2D eigenvalue weighted by molar-refractivity contribution is 6.25. The van der Waals surface area contributed by atoms with Gasteiger partial charge >= 0.3 is 0 Å². The van der Waals surface area contributed by atoms with E-state index >= 15 is 0 Å². The first-order valence-electron chi connectivity index (χ1n) is 6.41. The first-order valence-corrected chi connectivity index (χ1v) is 6.41. The number of carbonyl (C=O) groups is 1. The van der Waals surface area contributed by atoms with Gasteiger partial charge in [0.15, 0.2) is 5.84 Å². The molecule has 0 aliphatic carbocycles. The largest absolute Gasteiger partial charge is 0.396 e. The van der Waals surface area contributed by atoms with Crippen LogP contribution >= 0.6 is 0 Å². The van der Waals surface area contributed by atoms with Crippen molar-refractivity contribution < 1.29 is 15.1 Å². The van der Waals surface area contributed by atoms with Crippen LogP contribution < -0.4 is 5.73 Å². The van der Waals surface area contributed by atoms with Gasteiger partial charge in [0.1, 0.15) is 0 Å². The summed E-state index contributed by atoms with van der Waals surface area (Å²) in [6, 6.07) is 0. The molecule has 2 heterocycles. The highest BCUT2D eigenvalue weighted by Gasteiger charge is 2.17. The molecule has 21 heavy (non-hydrogen) atoms. The molecular formula is C14H16N4O3. The van der Waals surface area contributed by atoms with Crippen molar-refractivity contribution in [3.63, 3.8) is 0 Å². The molecule has 0 aromatic carbocycles. The van der Waals surface area contributed by atoms with Gasteiger partial charge in [0, 0.05) is 37.3 Å². The number of amidine groups is 1. The Morgan fingerprint density at radius 3 is 2.67 bits per heavy atom. The van der Waals surface area contributed by atoms with Crippen molar-refractivity contribution in [2.75, 3.05) is 13.2 Å². The molecule has 0 bridgehead atoms. The summed E-state index contributed by atoms with van der Waals surface area (Å²) in [5.41, 5.74) is 7.07. The molecule has 4 N–H and O–H groups in total. The normalized spacial score (nSPS) is 19.4. The monoisotopic (exact) mass is 288 g/mol. The van der Waals surface area contributed by atoms with Gasteiger partial charge in [-0.1, -0.05) is 0 Å². The summed E-state index contributed by atoms with van der Waals surface area (Å²) in [6.07, 6.45) is 10.0. The van der Waals surface area contributed by atoms with Crippen LogP contribution in [0.15, 0.2) is 57.3 Å². The number of allylic oxidation sites excluding steroid dienone is 5. The Labute approximate surface area is 121 Å². The second kappa shape index (κ2) is 6.78. The summed E-state index contributed by atoms with van der Waals surface area (Å²) in [7, 11) is 0. The third kappa shape index (κ3) is 3.74. The average Bonchev–Trinajstić information content (AvgIpc) is 2.48. The van der Waals surface area contributed by atoms with Crippen molar-refractivity contribution in [3.8, 4) is 0 Å². The van der Waals surface area contributed by atoms with E-state index in [0.29, 0.717) is 18.5 Å². The third-order valence-corrected chi connectivity index (χ3v) is 2.86. The molecule has 2 aliphatic rings. The van der Waals surface area contributed by atoms with Crippen molar-refractivity contribution in [2.45, 2.75) is 6.42 Å². The molecule has 7 nitrogen and oxygen atoms in total. The molecule has 2 rings (SSSR count). The van der Waals surface area contributed by atoms with Gasteiger partial charge in [0.25, 0.3) is 5.91 Å². The van der Waals surface area contributed by atoms with Crippen LogP contribution in [0.25, 0.3) is 0 Å². The molecule has 0 aromatic heterocycles. The van der Waals surface area contributed by atoms with E-state index in [9.17, 15) is 10.0 Å². The van der Waals surface area contributed by atoms with Crippen LogP contribution in [0, 0.1) is 0 Å². The molecule has 1 amide bonds. The average molecular weight is 288 g/mol. The minimum absolute atomic E-state index is 0.0265. The van der Waals surface area contributed by atoms with Crippen molar-refractivity contribution >= 4 is 18.0 Å². The second-order valence-electron chi connectivity index (χ2n) is 4.39. The van der Waals surface area contributed by atoms with Crippen LogP contribution in [-0.2, 0) is 4.79 Å². The van der Waals surface area contributed by atoms with Crippen LogP contribution in [0.4, 0.5) is 0 Å². The minimum atomic E-state index is -0.611. The fraction of sp³-hybridized carbons (Fsp3) is 0.214. The van der Waals surface area contributed by atoms with E-state index < -0.39 is 5.91 Å². The fourth-order valence-electron chi connectivity index (χ4n) is 1.79. The Balaban J connectivity index is 2.30. The molecule has 0 aromatic rings. The first-order chi connectivity index (χ1) is 10.1. The van der Waals surface area contributed by atoms with E-state index in [1.807, 2.05) is 0 Å². The van der Waals surface area contributed by atoms with Gasteiger partial charge in [-0.25, -0.2) is 10.1 Å². The maximum absolute atomic E-state index is 11.5. The molecule has 0 saturated heterocycles. The molecule has 0 fully saturated rings. The van der Waals surface area contributed by atoms with Gasteiger partial charge in [0.05, 0.1) is 5.57 Å². The number of hydrogen-bond donors (Lipinski definition) is 3. The smallest absolute Gasteiger partial charge is 0.252 e. The molecule has 0 saturated carbocycles. The number of nitrogens with two attached hydrogens (primary N) is 1. The van der Waals surface area contributed by atoms with Crippen LogP contribution in [-0.4, -0.2) is 46.5 Å². The van der Waals surface area contributed by atoms with E-state index in [2.05, 4.69) is 9.98 Å². The Kier molecular flexibility index (Phi) is 4.81. The van der Waals surface area contributed by atoms with Gasteiger partial charge < -0.3 is 10.8 Å². The molecular weight excluding hydrogens is 272 g/mol. The van der Waals surface area contributed by atoms with Crippen LogP contribution in [0.1, 0.15) is 6.42 Å². The minimum Gasteiger partial charge on any atom is -0.396 e. The van der Waals surface area contributed by atoms with E-state index in [0.717, 1.165) is 10.6 Å². The lowest BCUT2D eigenvalue weighted by atomic mass is 10.0. The molecule has 0 spiro atoms. The SMILES string of the molecule is NC(=O)C1=CC(=C2C=CN(O)C=C2)C=NC1=NCCCO. The van der Waals surface area contributed by atoms with E-state index in [4.69, 9.17) is 10.8 Å². The van der Waals surface area contributed by atoms with Crippen molar-refractivity contribution in [1.82, 2.24) is 5.06 Å². The number of dihydropyridines is 1. The molecule has 0 atom stereocenters. The summed E-state index contributed by atoms with van der Waals surface area (Å²) < 4.78 is 0. The predicted octanol–water partition coefficient (Wildman–Crippen LogP) is 0.292. The number of hydrogen-bond acceptors (Lipinski definition) is 5. The number of aliphatic imine (C=N–C) groups is 2. The summed E-state index contributed by atoms with van der Waals surface area (Å²) in [5.74, 6) is -0.340. The topological polar surface area (TPSA) is 112 Å². The molecule has 7 heteroatoms. The lowest BCUT2D eigenvalue weighted by Crippen LogP contribution is -2.23. The molecule has 0 radical (unpaired) electrons. The van der Waals surface area contributed by atoms with E-state index in [1.165, 1.54) is 12.4 Å². The zero-order chi connectivity index (χ0) is 15.2. The Hall–Kier alpha value is -2.51. The molecule has 0 unspecified atom stereocenters. The number of nitrogens with zero attached hydrogens (tertiary/aromatic N) is 3. The number of aliphatic hydroxyl groups excluding tert-OH is 1. The Morgan fingerprint density at radius 2 is 2.05 bits per heavy atom. The number of aliphatic hydroxyl groups is 1. The predicted molar refractivity (Wildman–Crippen MR) is 78.7 cm³/mol. The van der Waals surface area contributed by atoms with Gasteiger partial charge in [0.2, 0.25) is 0 Å². The fourth-order valence-corrected chi connectivity index (χ4v) is 1.79. The highest BCUT2D eigenvalue weighted by atomic mass is 16.5. The van der Waals surface area contributed by atoms with E-state index in [-0.39, 0.29) is 18.0 Å². The maximum Gasteiger partial charge on any atom is 0.252 e. The summed E-state index contributed by atoms with van der Waals surface area (Å²) >= 11 is 0. The van der Waals surface area contributed by atoms with Crippen molar-refractivity contribution in [3.05, 3.63) is 47.3 Å². The number of primary amides is 1. The number of carbonyl (C=O) groups excluding carboxylic acids is 1. The number of amides is 1. The van der Waals surface area contributed by atoms with Crippen LogP contribution in [0.2, 0.25) is 0 Å². The lowest BCUT2D eigenvalue weighted by molar-refractivity contribution is -0.114. The quantitative estimate of drug-likeness (QED) is 0.645. The summed E-state index contributed by atoms with van der Waals surface area (Å²) in [6.45, 7) is 0.400. The first kappa shape index (κ1) is 14.9. The zero-order valence-electron chi connectivity index (χ0n) is 11.3. The van der Waals surface area contributed by atoms with Crippen molar-refractivity contribution in [2.24, 2.45) is 15.7 Å². The second-order valence-corrected chi connectivity index (χ2v) is 4.39. The van der Waals surface area contributed by atoms with Crippen LogP contribution in [0.3, 0.4) is 0 Å². The van der Waals surface area contributed by atoms with E-state index in [1.54, 1.807) is 24.4 Å². The highest BCUT2D eigenvalue weighted by Crippen LogP contribution is 2.18. The Bertz CT molecular complexity index is 596. The maximum atomic E-state index is 11.5. The zero-order valence-corrected chi connectivity index (χ0v) is 11.3. The molecule has 2 aliphatic heterocycles. The van der Waals surface area contributed by atoms with Gasteiger partial charge in [-0.05, 0) is 30.2 Å². The number of hydroxylamine groups is 2. The standard InChI is InChI=1S/C14H16N4O3/c15-13(20)12-8-11(10-2-5-18(21)6-3-10)9-17-14(12)16-4-1-7-19/h2-3,5-6,8-9,19,21H,1,4,7H2,(H2,15,20). The van der Waals surface area contributed by atoms with Gasteiger partial charge in [-0.15, -0.1) is 0 Å².